The normalized spacial score (nSPS) is 15.2. The number of hydrogen-bond acceptors (Lipinski definition) is 3. The molecule has 0 bridgehead atoms. The van der Waals surface area contributed by atoms with Crippen LogP contribution < -0.4 is 5.32 Å². The van der Waals surface area contributed by atoms with Crippen LogP contribution in [0.15, 0.2) is 36.4 Å². The highest BCUT2D eigenvalue weighted by molar-refractivity contribution is 7.85. The number of ether oxygens (including phenoxy) is 1. The number of amides is 1. The van der Waals surface area contributed by atoms with Crippen LogP contribution in [0.2, 0.25) is 20.1 Å². The molecule has 3 unspecified atom stereocenters. The number of methoxy groups -OCH3 is 1. The molecule has 4 nitrogen and oxygen atoms in total. The smallest absolute Gasteiger partial charge is 0.361 e. The van der Waals surface area contributed by atoms with Crippen molar-refractivity contribution in [2.45, 2.75) is 24.5 Å². The lowest BCUT2D eigenvalue weighted by molar-refractivity contribution is -0.139. The second-order valence-electron chi connectivity index (χ2n) is 7.59. The van der Waals surface area contributed by atoms with Gasteiger partial charge in [-0.3, -0.25) is 9.00 Å². The summed E-state index contributed by atoms with van der Waals surface area (Å²) in [6, 6.07) is 4.61. The Hall–Kier alpha value is -1.57. The predicted octanol–water partition coefficient (Wildman–Crippen LogP) is 7.97. The topological polar surface area (TPSA) is 55.4 Å². The lowest BCUT2D eigenvalue weighted by Gasteiger charge is -2.19. The molecule has 16 heteroatoms. The molecule has 38 heavy (non-hydrogen) atoms. The van der Waals surface area contributed by atoms with Gasteiger partial charge in [0.15, 0.2) is 0 Å². The quantitative estimate of drug-likeness (QED) is 0.170. The first-order chi connectivity index (χ1) is 17.4. The van der Waals surface area contributed by atoms with Crippen molar-refractivity contribution in [3.05, 3.63) is 73.2 Å². The molecule has 0 radical (unpaired) electrons. The van der Waals surface area contributed by atoms with Gasteiger partial charge in [-0.2, -0.15) is 26.3 Å². The molecule has 0 spiro atoms. The summed E-state index contributed by atoms with van der Waals surface area (Å²) < 4.78 is 110. The van der Waals surface area contributed by atoms with E-state index in [9.17, 15) is 39.7 Å². The van der Waals surface area contributed by atoms with Gasteiger partial charge in [0, 0.05) is 23.5 Å². The average Bonchev–Trinajstić information content (AvgIpc) is 2.77. The van der Waals surface area contributed by atoms with Gasteiger partial charge in [0.2, 0.25) is 0 Å². The van der Waals surface area contributed by atoms with Crippen molar-refractivity contribution in [3.63, 3.8) is 0 Å². The largest absolute Gasteiger partial charge is 0.400 e. The van der Waals surface area contributed by atoms with Gasteiger partial charge in [-0.1, -0.05) is 52.5 Å². The summed E-state index contributed by atoms with van der Waals surface area (Å²) in [6.07, 6.45) is -10.8. The molecule has 1 N–H and O–H groups in total. The molecule has 0 aliphatic heterocycles. The first kappa shape index (κ1) is 32.6. The highest BCUT2D eigenvalue weighted by atomic mass is 35.5. The minimum atomic E-state index is -4.96. The number of allylic oxidation sites excluding steroid dienone is 1. The molecule has 2 aromatic carbocycles. The fraction of sp³-hybridized carbons (Fsp3) is 0.318. The van der Waals surface area contributed by atoms with Gasteiger partial charge in [0.1, 0.15) is 23.7 Å². The maximum Gasteiger partial charge on any atom is 0.400 e. The van der Waals surface area contributed by atoms with Crippen molar-refractivity contribution >= 4 is 68.9 Å². The maximum atomic E-state index is 14.9. The Morgan fingerprint density at radius 3 is 2.08 bits per heavy atom. The maximum absolute atomic E-state index is 14.9. The fourth-order valence-corrected chi connectivity index (χ4v) is 4.95. The van der Waals surface area contributed by atoms with Crippen LogP contribution in [0, 0.1) is 0 Å². The molecule has 0 aliphatic carbocycles. The number of hydrogen-bond donors (Lipinski definition) is 1. The van der Waals surface area contributed by atoms with Gasteiger partial charge < -0.3 is 10.1 Å². The molecule has 2 rings (SSSR count). The third-order valence-electron chi connectivity index (χ3n) is 4.76. The predicted molar refractivity (Wildman–Crippen MR) is 133 cm³/mol. The van der Waals surface area contributed by atoms with Crippen molar-refractivity contribution in [1.82, 2.24) is 5.32 Å². The third kappa shape index (κ3) is 9.27. The lowest BCUT2D eigenvalue weighted by atomic mass is 9.96. The molecular formula is C22H16Cl4F7NO3S. The minimum absolute atomic E-state index is 0.176. The second-order valence-corrected chi connectivity index (χ2v) is 10.7. The molecular weight excluding hydrogens is 633 g/mol. The number of rotatable bonds is 9. The van der Waals surface area contributed by atoms with Crippen molar-refractivity contribution < 1.29 is 44.5 Å². The van der Waals surface area contributed by atoms with Crippen LogP contribution in [0.4, 0.5) is 30.7 Å². The summed E-state index contributed by atoms with van der Waals surface area (Å²) in [7, 11) is -1.36. The number of halogens is 11. The Labute approximate surface area is 234 Å². The highest BCUT2D eigenvalue weighted by Gasteiger charge is 2.40. The van der Waals surface area contributed by atoms with E-state index in [1.165, 1.54) is 0 Å². The average molecular weight is 649 g/mol. The zero-order chi connectivity index (χ0) is 29.0. The van der Waals surface area contributed by atoms with Gasteiger partial charge in [-0.05, 0) is 35.9 Å². The van der Waals surface area contributed by atoms with E-state index in [1.807, 2.05) is 0 Å². The fourth-order valence-electron chi connectivity index (χ4n) is 3.03. The van der Waals surface area contributed by atoms with Crippen molar-refractivity contribution in [2.24, 2.45) is 0 Å². The monoisotopic (exact) mass is 647 g/mol. The number of carbonyl (C=O) groups excluding carboxylic acids is 1. The minimum Gasteiger partial charge on any atom is -0.361 e. The summed E-state index contributed by atoms with van der Waals surface area (Å²) in [6.45, 7) is 0. The first-order valence-electron chi connectivity index (χ1n) is 10.1. The van der Waals surface area contributed by atoms with Crippen molar-refractivity contribution in [1.29, 1.82) is 0 Å². The summed E-state index contributed by atoms with van der Waals surface area (Å²) in [5, 5.41) is 1.07. The lowest BCUT2D eigenvalue weighted by Crippen LogP contribution is -2.41. The van der Waals surface area contributed by atoms with E-state index in [-0.39, 0.29) is 26.7 Å². The van der Waals surface area contributed by atoms with E-state index in [4.69, 9.17) is 51.1 Å². The molecule has 1 amide bonds. The van der Waals surface area contributed by atoms with Crippen LogP contribution in [0.1, 0.15) is 27.4 Å². The molecule has 3 atom stereocenters. The summed E-state index contributed by atoms with van der Waals surface area (Å²) in [4.78, 5) is 12.5. The number of benzene rings is 2. The van der Waals surface area contributed by atoms with Gasteiger partial charge >= 0.3 is 12.4 Å². The van der Waals surface area contributed by atoms with Crippen LogP contribution in [0.5, 0.6) is 0 Å². The van der Waals surface area contributed by atoms with Gasteiger partial charge in [0.25, 0.3) is 5.91 Å². The molecule has 0 heterocycles. The van der Waals surface area contributed by atoms with Crippen molar-refractivity contribution in [3.8, 4) is 0 Å². The number of alkyl halides is 6. The number of carbonyl (C=O) groups is 1. The molecule has 0 fully saturated rings. The summed E-state index contributed by atoms with van der Waals surface area (Å²) >= 11 is 23.4. The molecule has 0 aliphatic rings. The van der Waals surface area contributed by atoms with Crippen LogP contribution in [0.25, 0.3) is 5.83 Å². The molecule has 0 saturated heterocycles. The summed E-state index contributed by atoms with van der Waals surface area (Å²) in [5.41, 5.74) is -1.19. The van der Waals surface area contributed by atoms with Crippen LogP contribution in [-0.2, 0) is 15.5 Å². The van der Waals surface area contributed by atoms with E-state index < -0.39 is 74.7 Å². The SMILES string of the molecule is COC(CS(=O)CC(F)(F)F)NC(=O)c1ccc(/C(F)=C/C(c2cc(Cl)c(Cl)c(Cl)c2)C(F)(F)F)cc1Cl. The van der Waals surface area contributed by atoms with E-state index in [1.54, 1.807) is 0 Å². The van der Waals surface area contributed by atoms with Crippen LogP contribution in [0.3, 0.4) is 0 Å². The van der Waals surface area contributed by atoms with Gasteiger partial charge in [-0.25, -0.2) is 4.39 Å². The van der Waals surface area contributed by atoms with E-state index in [0.29, 0.717) is 0 Å². The Morgan fingerprint density at radius 1 is 1.03 bits per heavy atom. The standard InChI is InChI=1S/C22H16Cl4F7NO3S/c1-37-18(8-38(36)9-21(28,29)30)34-20(35)12-3-2-10(4-14(12)23)17(27)7-13(22(31,32)33)11-5-15(24)19(26)16(25)6-11/h2-7,13,18H,8-9H2,1H3,(H,34,35)/b17-7-. The first-order valence-corrected chi connectivity index (χ1v) is 13.1. The second kappa shape index (κ2) is 13.2. The Balaban J connectivity index is 2.28. The number of nitrogens with one attached hydrogen (secondary N) is 1. The summed E-state index contributed by atoms with van der Waals surface area (Å²) in [5.74, 6) is -7.10. The highest BCUT2D eigenvalue weighted by Crippen LogP contribution is 2.42. The Morgan fingerprint density at radius 2 is 1.61 bits per heavy atom. The van der Waals surface area contributed by atoms with Gasteiger partial charge in [-0.15, -0.1) is 0 Å². The zero-order valence-electron chi connectivity index (χ0n) is 18.8. The third-order valence-corrected chi connectivity index (χ3v) is 7.59. The van der Waals surface area contributed by atoms with Crippen LogP contribution in [-0.4, -0.2) is 47.3 Å². The van der Waals surface area contributed by atoms with Crippen LogP contribution >= 0.6 is 46.4 Å². The molecule has 0 saturated carbocycles. The zero-order valence-corrected chi connectivity index (χ0v) is 22.7. The van der Waals surface area contributed by atoms with E-state index >= 15 is 0 Å². The Kier molecular flexibility index (Phi) is 11.3. The van der Waals surface area contributed by atoms with Crippen molar-refractivity contribution in [2.75, 3.05) is 18.6 Å². The van der Waals surface area contributed by atoms with E-state index in [0.717, 1.165) is 37.4 Å². The molecule has 210 valence electrons. The Bertz CT molecular complexity index is 1220. The molecule has 2 aromatic rings. The van der Waals surface area contributed by atoms with E-state index in [2.05, 4.69) is 5.32 Å². The molecule has 0 aromatic heterocycles. The van der Waals surface area contributed by atoms with Gasteiger partial charge in [0.05, 0.1) is 31.4 Å².